The van der Waals surface area contributed by atoms with Gasteiger partial charge < -0.3 is 20.1 Å². The first kappa shape index (κ1) is 11.8. The van der Waals surface area contributed by atoms with Crippen LogP contribution in [0.2, 0.25) is 0 Å². The molecule has 0 radical (unpaired) electrons. The zero-order valence-corrected chi connectivity index (χ0v) is 9.20. The van der Waals surface area contributed by atoms with Crippen LogP contribution in [0.3, 0.4) is 0 Å². The van der Waals surface area contributed by atoms with Crippen LogP contribution < -0.4 is 4.74 Å². The maximum atomic E-state index is 11.7. The van der Waals surface area contributed by atoms with Crippen LogP contribution in [-0.4, -0.2) is 21.3 Å². The van der Waals surface area contributed by atoms with E-state index in [0.29, 0.717) is 5.75 Å². The van der Waals surface area contributed by atoms with Crippen molar-refractivity contribution in [3.8, 4) is 23.0 Å². The van der Waals surface area contributed by atoms with Crippen LogP contribution in [0.25, 0.3) is 0 Å². The third-order valence-corrected chi connectivity index (χ3v) is 2.26. The number of hydrogen-bond acceptors (Lipinski definition) is 5. The molecule has 92 valence electrons. The van der Waals surface area contributed by atoms with Crippen LogP contribution in [0.15, 0.2) is 42.5 Å². The van der Waals surface area contributed by atoms with E-state index in [9.17, 15) is 15.0 Å². The largest absolute Gasteiger partial charge is 0.504 e. The third kappa shape index (κ3) is 2.35. The monoisotopic (exact) mass is 246 g/mol. The molecule has 0 aliphatic rings. The molecule has 0 saturated heterocycles. The van der Waals surface area contributed by atoms with E-state index in [0.717, 1.165) is 12.1 Å². The Kier molecular flexibility index (Phi) is 3.05. The second-order valence-corrected chi connectivity index (χ2v) is 3.57. The number of benzene rings is 2. The Bertz CT molecular complexity index is 554. The van der Waals surface area contributed by atoms with Gasteiger partial charge in [0.1, 0.15) is 5.75 Å². The molecule has 0 aromatic heterocycles. The van der Waals surface area contributed by atoms with E-state index in [2.05, 4.69) is 0 Å². The van der Waals surface area contributed by atoms with Crippen LogP contribution in [0.1, 0.15) is 10.4 Å². The van der Waals surface area contributed by atoms with Crippen molar-refractivity contribution in [3.05, 3.63) is 48.0 Å². The predicted octanol–water partition coefficient (Wildman–Crippen LogP) is 2.02. The number of carbonyl (C=O) groups is 1. The molecule has 0 bridgehead atoms. The minimum Gasteiger partial charge on any atom is -0.504 e. The lowest BCUT2D eigenvalue weighted by Crippen LogP contribution is -2.08. The molecule has 0 unspecified atom stereocenters. The van der Waals surface area contributed by atoms with Gasteiger partial charge in [0.25, 0.3) is 0 Å². The lowest BCUT2D eigenvalue weighted by Gasteiger charge is -2.06. The molecule has 0 atom stereocenters. The number of rotatable bonds is 2. The summed E-state index contributed by atoms with van der Waals surface area (Å²) < 4.78 is 5.01. The fraction of sp³-hybridized carbons (Fsp3) is 0. The molecule has 0 amide bonds. The molecular weight excluding hydrogens is 236 g/mol. The van der Waals surface area contributed by atoms with Gasteiger partial charge in [-0.2, -0.15) is 0 Å². The smallest absolute Gasteiger partial charge is 0.343 e. The Labute approximate surface area is 103 Å². The minimum atomic E-state index is -0.744. The van der Waals surface area contributed by atoms with Crippen LogP contribution in [0, 0.1) is 0 Å². The fourth-order valence-corrected chi connectivity index (χ4v) is 1.38. The summed E-state index contributed by atoms with van der Waals surface area (Å²) in [5.41, 5.74) is -0.0633. The molecule has 5 nitrogen and oxygen atoms in total. The number of phenols is 3. The van der Waals surface area contributed by atoms with Crippen molar-refractivity contribution in [2.75, 3.05) is 0 Å². The number of esters is 1. The Morgan fingerprint density at radius 3 is 2.06 bits per heavy atom. The van der Waals surface area contributed by atoms with E-state index in [-0.39, 0.29) is 5.56 Å². The van der Waals surface area contributed by atoms with Crippen LogP contribution in [-0.2, 0) is 0 Å². The van der Waals surface area contributed by atoms with Gasteiger partial charge in [0, 0.05) is 0 Å². The molecule has 0 spiro atoms. The molecule has 0 fully saturated rings. The first-order chi connectivity index (χ1) is 8.58. The predicted molar refractivity (Wildman–Crippen MR) is 62.8 cm³/mol. The molecular formula is C13H10O5. The number of hydrogen-bond donors (Lipinski definition) is 3. The Morgan fingerprint density at radius 1 is 0.944 bits per heavy atom. The molecule has 5 heteroatoms. The fourth-order valence-electron chi connectivity index (χ4n) is 1.38. The average molecular weight is 246 g/mol. The van der Waals surface area contributed by atoms with E-state index in [1.807, 2.05) is 0 Å². The maximum Gasteiger partial charge on any atom is 0.343 e. The number of aromatic hydroxyl groups is 3. The lowest BCUT2D eigenvalue weighted by molar-refractivity contribution is 0.0734. The van der Waals surface area contributed by atoms with E-state index in [1.165, 1.54) is 0 Å². The van der Waals surface area contributed by atoms with Gasteiger partial charge in [0.05, 0.1) is 5.56 Å². The second kappa shape index (κ2) is 4.67. The average Bonchev–Trinajstić information content (AvgIpc) is 2.36. The molecule has 2 rings (SSSR count). The van der Waals surface area contributed by atoms with Crippen molar-refractivity contribution in [2.45, 2.75) is 0 Å². The van der Waals surface area contributed by atoms with Crippen molar-refractivity contribution in [1.29, 1.82) is 0 Å². The molecule has 0 saturated carbocycles. The topological polar surface area (TPSA) is 87.0 Å². The van der Waals surface area contributed by atoms with Gasteiger partial charge in [-0.05, 0) is 24.3 Å². The Morgan fingerprint density at radius 2 is 1.50 bits per heavy atom. The summed E-state index contributed by atoms with van der Waals surface area (Å²) in [7, 11) is 0. The van der Waals surface area contributed by atoms with Gasteiger partial charge >= 0.3 is 5.97 Å². The Hall–Kier alpha value is -2.69. The summed E-state index contributed by atoms with van der Waals surface area (Å²) in [4.78, 5) is 11.7. The summed E-state index contributed by atoms with van der Waals surface area (Å²) in [6.07, 6.45) is 0. The highest BCUT2D eigenvalue weighted by Crippen LogP contribution is 2.35. The first-order valence-electron chi connectivity index (χ1n) is 5.10. The van der Waals surface area contributed by atoms with Crippen LogP contribution in [0.4, 0.5) is 0 Å². The first-order valence-corrected chi connectivity index (χ1v) is 5.10. The summed E-state index contributed by atoms with van der Waals surface area (Å²) in [6.45, 7) is 0. The highest BCUT2D eigenvalue weighted by atomic mass is 16.5. The highest BCUT2D eigenvalue weighted by molar-refractivity contribution is 5.92. The van der Waals surface area contributed by atoms with Crippen molar-refractivity contribution in [1.82, 2.24) is 0 Å². The van der Waals surface area contributed by atoms with Gasteiger partial charge in [-0.1, -0.05) is 18.2 Å². The molecule has 18 heavy (non-hydrogen) atoms. The summed E-state index contributed by atoms with van der Waals surface area (Å²) in [5, 5.41) is 27.7. The second-order valence-electron chi connectivity index (χ2n) is 3.57. The zero-order chi connectivity index (χ0) is 13.1. The Balaban J connectivity index is 2.25. The van der Waals surface area contributed by atoms with Gasteiger partial charge in [-0.15, -0.1) is 0 Å². The van der Waals surface area contributed by atoms with Gasteiger partial charge in [0.2, 0.25) is 0 Å². The van der Waals surface area contributed by atoms with Gasteiger partial charge in [-0.3, -0.25) is 0 Å². The van der Waals surface area contributed by atoms with Crippen molar-refractivity contribution in [2.24, 2.45) is 0 Å². The summed E-state index contributed by atoms with van der Waals surface area (Å²) >= 11 is 0. The van der Waals surface area contributed by atoms with Crippen LogP contribution in [0.5, 0.6) is 23.0 Å². The van der Waals surface area contributed by atoms with Crippen molar-refractivity contribution < 1.29 is 24.9 Å². The minimum absolute atomic E-state index is 0.0633. The van der Waals surface area contributed by atoms with Crippen molar-refractivity contribution in [3.63, 3.8) is 0 Å². The van der Waals surface area contributed by atoms with E-state index < -0.39 is 23.2 Å². The summed E-state index contributed by atoms with van der Waals surface area (Å²) in [5.74, 6) is -2.25. The number of phenolic OH excluding ortho intramolecular Hbond substituents is 3. The summed E-state index contributed by atoms with van der Waals surface area (Å²) in [6, 6.07) is 10.4. The standard InChI is InChI=1S/C13H10O5/c14-10-6-8(7-11(15)12(10)16)13(17)18-9-4-2-1-3-5-9/h1-7,14-16H. The SMILES string of the molecule is O=C(Oc1ccccc1)c1cc(O)c(O)c(O)c1. The van der Waals surface area contributed by atoms with E-state index in [1.54, 1.807) is 30.3 Å². The third-order valence-electron chi connectivity index (χ3n) is 2.26. The molecule has 2 aromatic rings. The van der Waals surface area contributed by atoms with E-state index in [4.69, 9.17) is 9.84 Å². The van der Waals surface area contributed by atoms with Gasteiger partial charge in [0.15, 0.2) is 17.2 Å². The molecule has 0 heterocycles. The highest BCUT2D eigenvalue weighted by Gasteiger charge is 2.15. The molecule has 3 N–H and O–H groups in total. The van der Waals surface area contributed by atoms with E-state index >= 15 is 0 Å². The van der Waals surface area contributed by atoms with Crippen LogP contribution >= 0.6 is 0 Å². The zero-order valence-electron chi connectivity index (χ0n) is 9.20. The van der Waals surface area contributed by atoms with Gasteiger partial charge in [-0.25, -0.2) is 4.79 Å². The molecule has 0 aliphatic carbocycles. The number of carbonyl (C=O) groups excluding carboxylic acids is 1. The number of para-hydroxylation sites is 1. The molecule has 0 aliphatic heterocycles. The van der Waals surface area contributed by atoms with Crippen molar-refractivity contribution >= 4 is 5.97 Å². The number of ether oxygens (including phenoxy) is 1. The maximum absolute atomic E-state index is 11.7. The normalized spacial score (nSPS) is 10.0. The molecule has 2 aromatic carbocycles. The lowest BCUT2D eigenvalue weighted by atomic mass is 10.2. The quantitative estimate of drug-likeness (QED) is 0.428.